The summed E-state index contributed by atoms with van der Waals surface area (Å²) >= 11 is 6.14. The molecule has 4 rings (SSSR count). The van der Waals surface area contributed by atoms with Crippen LogP contribution in [0.5, 0.6) is 0 Å². The van der Waals surface area contributed by atoms with E-state index in [-0.39, 0.29) is 17.9 Å². The van der Waals surface area contributed by atoms with Crippen molar-refractivity contribution >= 4 is 32.5 Å². The molecule has 22 heavy (non-hydrogen) atoms. The summed E-state index contributed by atoms with van der Waals surface area (Å²) in [5.41, 5.74) is 0.555. The number of H-pyrrole nitrogens is 1. The van der Waals surface area contributed by atoms with Gasteiger partial charge in [0.25, 0.3) is 0 Å². The summed E-state index contributed by atoms with van der Waals surface area (Å²) in [6.45, 7) is 0. The maximum Gasteiger partial charge on any atom is 0.208 e. The Labute approximate surface area is 132 Å². The zero-order valence-electron chi connectivity index (χ0n) is 11.9. The quantitative estimate of drug-likeness (QED) is 0.785. The number of aromatic amines is 1. The molecule has 1 aromatic carbocycles. The molecule has 0 unspecified atom stereocenters. The number of hydrogen-bond donors (Lipinski definition) is 3. The third-order valence-corrected chi connectivity index (χ3v) is 5.76. The molecule has 8 heteroatoms. The van der Waals surface area contributed by atoms with Crippen molar-refractivity contribution in [2.45, 2.75) is 24.5 Å². The van der Waals surface area contributed by atoms with Crippen molar-refractivity contribution in [3.05, 3.63) is 28.9 Å². The molecule has 1 aromatic heterocycles. The van der Waals surface area contributed by atoms with Gasteiger partial charge in [-0.15, -0.1) is 0 Å². The van der Waals surface area contributed by atoms with Gasteiger partial charge in [0, 0.05) is 22.0 Å². The largest absolute Gasteiger partial charge is 0.385 e. The van der Waals surface area contributed by atoms with Crippen LogP contribution in [0.1, 0.15) is 18.4 Å². The zero-order chi connectivity index (χ0) is 15.7. The minimum Gasteiger partial charge on any atom is -0.385 e. The number of halogens is 1. The first-order chi connectivity index (χ1) is 10.3. The standard InChI is InChI=1S/C14H16ClN3O3S/c1-22(20,21)18-13-9-4-14(19,5-10(9)13)11-3-8(15)2-7-6-16-17-12(7)11/h2-3,6,9-10,13,18-19H,4-5H2,1H3,(H,16,17)/t9-,10+,13-,14+. The minimum absolute atomic E-state index is 0.0493. The van der Waals surface area contributed by atoms with E-state index in [0.717, 1.165) is 16.5 Å². The lowest BCUT2D eigenvalue weighted by atomic mass is 9.87. The van der Waals surface area contributed by atoms with E-state index in [1.54, 1.807) is 18.3 Å². The molecule has 2 fully saturated rings. The Kier molecular flexibility index (Phi) is 2.92. The Balaban J connectivity index is 1.64. The van der Waals surface area contributed by atoms with Crippen LogP contribution >= 0.6 is 11.6 Å². The lowest BCUT2D eigenvalue weighted by molar-refractivity contribution is 0.0302. The second-order valence-corrected chi connectivity index (χ2v) is 8.69. The van der Waals surface area contributed by atoms with Crippen LogP contribution < -0.4 is 4.72 Å². The van der Waals surface area contributed by atoms with Gasteiger partial charge >= 0.3 is 0 Å². The van der Waals surface area contributed by atoms with Gasteiger partial charge in [-0.2, -0.15) is 5.10 Å². The number of nitrogens with zero attached hydrogens (tertiary/aromatic N) is 1. The van der Waals surface area contributed by atoms with E-state index in [0.29, 0.717) is 17.9 Å². The smallest absolute Gasteiger partial charge is 0.208 e. The monoisotopic (exact) mass is 341 g/mol. The Morgan fingerprint density at radius 2 is 2.09 bits per heavy atom. The second-order valence-electron chi connectivity index (χ2n) is 6.47. The summed E-state index contributed by atoms with van der Waals surface area (Å²) in [6, 6.07) is 3.52. The Bertz CT molecular complexity index is 851. The van der Waals surface area contributed by atoms with Crippen molar-refractivity contribution in [2.75, 3.05) is 6.26 Å². The number of aliphatic hydroxyl groups is 1. The van der Waals surface area contributed by atoms with Crippen LogP contribution in [0.15, 0.2) is 18.3 Å². The topological polar surface area (TPSA) is 95.1 Å². The number of fused-ring (bicyclic) bond motifs is 2. The van der Waals surface area contributed by atoms with Crippen LogP contribution in [-0.2, 0) is 15.6 Å². The Hall–Kier alpha value is -1.15. The third-order valence-electron chi connectivity index (χ3n) is 4.84. The number of sulfonamides is 1. The predicted octanol–water partition coefficient (Wildman–Crippen LogP) is 1.36. The summed E-state index contributed by atoms with van der Waals surface area (Å²) in [6.07, 6.45) is 3.90. The number of rotatable bonds is 3. The highest BCUT2D eigenvalue weighted by atomic mass is 35.5. The molecule has 1 heterocycles. The fourth-order valence-corrected chi connectivity index (χ4v) is 4.97. The van der Waals surface area contributed by atoms with Crippen molar-refractivity contribution in [2.24, 2.45) is 11.8 Å². The molecule has 2 aromatic rings. The molecule has 0 radical (unpaired) electrons. The second kappa shape index (κ2) is 4.44. The molecule has 118 valence electrons. The van der Waals surface area contributed by atoms with Gasteiger partial charge in [0.05, 0.1) is 23.6 Å². The first-order valence-corrected chi connectivity index (χ1v) is 9.37. The van der Waals surface area contributed by atoms with Gasteiger partial charge in [-0.05, 0) is 36.8 Å². The summed E-state index contributed by atoms with van der Waals surface area (Å²) in [4.78, 5) is 0. The molecule has 0 bridgehead atoms. The molecule has 0 amide bonds. The molecule has 2 aliphatic rings. The van der Waals surface area contributed by atoms with Crippen molar-refractivity contribution < 1.29 is 13.5 Å². The van der Waals surface area contributed by atoms with Gasteiger partial charge in [-0.3, -0.25) is 5.10 Å². The number of hydrogen-bond acceptors (Lipinski definition) is 4. The number of benzene rings is 1. The number of aromatic nitrogens is 2. The van der Waals surface area contributed by atoms with Crippen LogP contribution in [0.2, 0.25) is 5.02 Å². The summed E-state index contributed by atoms with van der Waals surface area (Å²) in [7, 11) is -3.21. The molecule has 0 aliphatic heterocycles. The number of nitrogens with one attached hydrogen (secondary N) is 2. The lowest BCUT2D eigenvalue weighted by Crippen LogP contribution is -2.33. The van der Waals surface area contributed by atoms with Crippen LogP contribution in [0.3, 0.4) is 0 Å². The Morgan fingerprint density at radius 3 is 2.73 bits per heavy atom. The summed E-state index contributed by atoms with van der Waals surface area (Å²) in [5, 5.41) is 19.4. The van der Waals surface area contributed by atoms with E-state index < -0.39 is 15.6 Å². The van der Waals surface area contributed by atoms with E-state index >= 15 is 0 Å². The minimum atomic E-state index is -3.21. The fourth-order valence-electron chi connectivity index (χ4n) is 3.89. The molecule has 3 N–H and O–H groups in total. The van der Waals surface area contributed by atoms with E-state index in [2.05, 4.69) is 14.9 Å². The van der Waals surface area contributed by atoms with Gasteiger partial charge < -0.3 is 5.11 Å². The molecule has 2 saturated carbocycles. The summed E-state index contributed by atoms with van der Waals surface area (Å²) < 4.78 is 25.3. The molecule has 4 atom stereocenters. The van der Waals surface area contributed by atoms with E-state index in [4.69, 9.17) is 11.6 Å². The molecule has 0 saturated heterocycles. The fraction of sp³-hybridized carbons (Fsp3) is 0.500. The molecule has 6 nitrogen and oxygen atoms in total. The SMILES string of the molecule is CS(=O)(=O)N[C@@H]1[C@@H]2C[C@@](O)(c3cc(Cl)cc4cn[nH]c34)C[C@@H]21. The zero-order valence-corrected chi connectivity index (χ0v) is 13.4. The van der Waals surface area contributed by atoms with Crippen molar-refractivity contribution in [3.63, 3.8) is 0 Å². The molecular weight excluding hydrogens is 326 g/mol. The predicted molar refractivity (Wildman–Crippen MR) is 83.0 cm³/mol. The first kappa shape index (κ1) is 14.4. The maximum absolute atomic E-state index is 11.3. The van der Waals surface area contributed by atoms with Crippen LogP contribution in [-0.4, -0.2) is 36.0 Å². The van der Waals surface area contributed by atoms with Gasteiger partial charge in [-0.25, -0.2) is 13.1 Å². The van der Waals surface area contributed by atoms with E-state index in [1.165, 1.54) is 6.26 Å². The van der Waals surface area contributed by atoms with Crippen LogP contribution in [0, 0.1) is 11.8 Å². The maximum atomic E-state index is 11.3. The van der Waals surface area contributed by atoms with Gasteiger partial charge in [-0.1, -0.05) is 11.6 Å². The molecule has 0 spiro atoms. The van der Waals surface area contributed by atoms with Gasteiger partial charge in [0.1, 0.15) is 0 Å². The highest BCUT2D eigenvalue weighted by Crippen LogP contribution is 2.60. The van der Waals surface area contributed by atoms with Crippen LogP contribution in [0.4, 0.5) is 0 Å². The molecule has 2 aliphatic carbocycles. The van der Waals surface area contributed by atoms with E-state index in [1.807, 2.05) is 0 Å². The third kappa shape index (κ3) is 2.23. The van der Waals surface area contributed by atoms with Gasteiger partial charge in [0.2, 0.25) is 10.0 Å². The average molecular weight is 342 g/mol. The highest BCUT2D eigenvalue weighted by Gasteiger charge is 2.62. The van der Waals surface area contributed by atoms with E-state index in [9.17, 15) is 13.5 Å². The highest BCUT2D eigenvalue weighted by molar-refractivity contribution is 7.88. The van der Waals surface area contributed by atoms with Crippen molar-refractivity contribution in [1.82, 2.24) is 14.9 Å². The normalized spacial score (nSPS) is 34.0. The van der Waals surface area contributed by atoms with Gasteiger partial charge in [0.15, 0.2) is 0 Å². The van der Waals surface area contributed by atoms with Crippen molar-refractivity contribution in [3.8, 4) is 0 Å². The first-order valence-electron chi connectivity index (χ1n) is 7.10. The van der Waals surface area contributed by atoms with Crippen molar-refractivity contribution in [1.29, 1.82) is 0 Å². The lowest BCUT2D eigenvalue weighted by Gasteiger charge is -2.27. The Morgan fingerprint density at radius 1 is 1.41 bits per heavy atom. The summed E-state index contributed by atoms with van der Waals surface area (Å²) in [5.74, 6) is 0.355. The molecular formula is C14H16ClN3O3S. The average Bonchev–Trinajstić information content (AvgIpc) is 2.83. The van der Waals surface area contributed by atoms with Crippen LogP contribution in [0.25, 0.3) is 10.9 Å².